The van der Waals surface area contributed by atoms with Gasteiger partial charge in [-0.25, -0.2) is 0 Å². The van der Waals surface area contributed by atoms with Crippen molar-refractivity contribution in [2.45, 2.75) is 50.2 Å². The summed E-state index contributed by atoms with van der Waals surface area (Å²) in [6.07, 6.45) is 5.00. The largest absolute Gasteiger partial charge is 0.488 e. The molecule has 4 rings (SSSR count). The molecule has 2 aromatic rings. The zero-order valence-corrected chi connectivity index (χ0v) is 19.2. The van der Waals surface area contributed by atoms with Gasteiger partial charge in [-0.2, -0.15) is 5.26 Å². The molecule has 32 heavy (non-hydrogen) atoms. The Morgan fingerprint density at radius 3 is 2.44 bits per heavy atom. The number of benzene rings is 2. The van der Waals surface area contributed by atoms with E-state index >= 15 is 0 Å². The zero-order valence-electron chi connectivity index (χ0n) is 19.2. The smallest absolute Gasteiger partial charge is 0.137 e. The SMILES string of the molecule is CN1CCN(CC(c2ccc(OCc3ccccc3)c(C#N)c2)C2(O)CCCCC2)CC1. The minimum Gasteiger partial charge on any atom is -0.488 e. The number of hydrogen-bond acceptors (Lipinski definition) is 5. The second-order valence-electron chi connectivity index (χ2n) is 9.46. The standard InChI is InChI=1S/C27H35N3O2/c1-29-14-16-30(17-15-29)20-25(27(31)12-6-3-7-13-27)23-10-11-26(24(18-23)19-28)32-21-22-8-4-2-5-9-22/h2,4-5,8-11,18,25,31H,3,6-7,12-17,20-21H2,1H3. The van der Waals surface area contributed by atoms with Gasteiger partial charge in [0.05, 0.1) is 11.2 Å². The molecule has 1 saturated heterocycles. The molecule has 1 saturated carbocycles. The van der Waals surface area contributed by atoms with E-state index in [1.165, 1.54) is 6.42 Å². The lowest BCUT2D eigenvalue weighted by molar-refractivity contribution is -0.0337. The van der Waals surface area contributed by atoms with Crippen LogP contribution in [-0.2, 0) is 6.61 Å². The van der Waals surface area contributed by atoms with Gasteiger partial charge < -0.3 is 19.6 Å². The minimum atomic E-state index is -0.708. The predicted octanol–water partition coefficient (Wildman–Crippen LogP) is 4.16. The van der Waals surface area contributed by atoms with Gasteiger partial charge >= 0.3 is 0 Å². The molecule has 1 unspecified atom stereocenters. The van der Waals surface area contributed by atoms with Gasteiger partial charge in [0.1, 0.15) is 18.4 Å². The summed E-state index contributed by atoms with van der Waals surface area (Å²) in [6, 6.07) is 18.3. The molecule has 1 N–H and O–H groups in total. The van der Waals surface area contributed by atoms with Gasteiger partial charge in [-0.15, -0.1) is 0 Å². The van der Waals surface area contributed by atoms with Crippen LogP contribution in [-0.4, -0.2) is 60.3 Å². The molecule has 0 bridgehead atoms. The molecule has 2 fully saturated rings. The van der Waals surface area contributed by atoms with Gasteiger partial charge in [-0.1, -0.05) is 55.7 Å². The highest BCUT2D eigenvalue weighted by molar-refractivity contribution is 5.47. The van der Waals surface area contributed by atoms with Crippen molar-refractivity contribution < 1.29 is 9.84 Å². The normalized spacial score (nSPS) is 20.4. The summed E-state index contributed by atoms with van der Waals surface area (Å²) in [5.41, 5.74) is 1.96. The first-order valence-corrected chi connectivity index (χ1v) is 11.9. The lowest BCUT2D eigenvalue weighted by Gasteiger charge is -2.43. The van der Waals surface area contributed by atoms with Crippen molar-refractivity contribution in [3.05, 3.63) is 65.2 Å². The van der Waals surface area contributed by atoms with Crippen LogP contribution >= 0.6 is 0 Å². The van der Waals surface area contributed by atoms with Crippen molar-refractivity contribution in [2.24, 2.45) is 0 Å². The third-order valence-corrected chi connectivity index (χ3v) is 7.17. The first kappa shape index (κ1) is 22.8. The topological polar surface area (TPSA) is 59.7 Å². The molecule has 170 valence electrons. The van der Waals surface area contributed by atoms with Gasteiger partial charge in [0.15, 0.2) is 0 Å². The summed E-state index contributed by atoms with van der Waals surface area (Å²) in [4.78, 5) is 4.83. The number of piperazine rings is 1. The number of nitriles is 1. The lowest BCUT2D eigenvalue weighted by Crippen LogP contribution is -2.50. The van der Waals surface area contributed by atoms with E-state index in [2.05, 4.69) is 29.0 Å². The van der Waals surface area contributed by atoms with Crippen molar-refractivity contribution in [3.8, 4) is 11.8 Å². The quantitative estimate of drug-likeness (QED) is 0.710. The van der Waals surface area contributed by atoms with Gasteiger partial charge in [-0.3, -0.25) is 0 Å². The molecule has 0 aromatic heterocycles. The van der Waals surface area contributed by atoms with Crippen molar-refractivity contribution in [2.75, 3.05) is 39.8 Å². The number of likely N-dealkylation sites (N-methyl/N-ethyl adjacent to an activating group) is 1. The molecule has 1 aliphatic carbocycles. The van der Waals surface area contributed by atoms with Crippen molar-refractivity contribution >= 4 is 0 Å². The van der Waals surface area contributed by atoms with E-state index in [0.717, 1.165) is 69.5 Å². The summed E-state index contributed by atoms with van der Waals surface area (Å²) in [7, 11) is 2.16. The van der Waals surface area contributed by atoms with Crippen LogP contribution in [0.4, 0.5) is 0 Å². The summed E-state index contributed by atoms with van der Waals surface area (Å²) in [5.74, 6) is 0.607. The Bertz CT molecular complexity index is 910. The molecule has 2 aromatic carbocycles. The Balaban J connectivity index is 1.56. The molecule has 5 nitrogen and oxygen atoms in total. The van der Waals surface area contributed by atoms with Crippen LogP contribution in [0.3, 0.4) is 0 Å². The number of nitrogens with zero attached hydrogens (tertiary/aromatic N) is 3. The molecular weight excluding hydrogens is 398 g/mol. The Kier molecular flexibility index (Phi) is 7.47. The van der Waals surface area contributed by atoms with Crippen LogP contribution in [0.5, 0.6) is 5.75 Å². The average Bonchev–Trinajstić information content (AvgIpc) is 2.83. The molecule has 1 atom stereocenters. The van der Waals surface area contributed by atoms with Crippen molar-refractivity contribution in [3.63, 3.8) is 0 Å². The fourth-order valence-corrected chi connectivity index (χ4v) is 5.10. The van der Waals surface area contributed by atoms with Crippen LogP contribution in [0, 0.1) is 11.3 Å². The van der Waals surface area contributed by atoms with Crippen LogP contribution in [0.25, 0.3) is 0 Å². The van der Waals surface area contributed by atoms with E-state index in [0.29, 0.717) is 17.9 Å². The van der Waals surface area contributed by atoms with Gasteiger partial charge in [-0.05, 0) is 43.1 Å². The van der Waals surface area contributed by atoms with Crippen LogP contribution in [0.1, 0.15) is 54.7 Å². The van der Waals surface area contributed by atoms with Gasteiger partial charge in [0.25, 0.3) is 0 Å². The number of hydrogen-bond donors (Lipinski definition) is 1. The fraction of sp³-hybridized carbons (Fsp3) is 0.519. The van der Waals surface area contributed by atoms with E-state index in [9.17, 15) is 10.4 Å². The first-order chi connectivity index (χ1) is 15.6. The van der Waals surface area contributed by atoms with Crippen molar-refractivity contribution in [1.29, 1.82) is 5.26 Å². The zero-order chi connectivity index (χ0) is 22.4. The number of aliphatic hydroxyl groups is 1. The fourth-order valence-electron chi connectivity index (χ4n) is 5.10. The summed E-state index contributed by atoms with van der Waals surface area (Å²) < 4.78 is 5.98. The average molecular weight is 434 g/mol. The Hall–Kier alpha value is -2.39. The van der Waals surface area contributed by atoms with Crippen LogP contribution in [0.15, 0.2) is 48.5 Å². The summed E-state index contributed by atoms with van der Waals surface area (Å²) in [5, 5.41) is 21.5. The summed E-state index contributed by atoms with van der Waals surface area (Å²) >= 11 is 0. The Morgan fingerprint density at radius 1 is 1.03 bits per heavy atom. The highest BCUT2D eigenvalue weighted by Gasteiger charge is 2.40. The number of rotatable bonds is 7. The molecule has 0 amide bonds. The second kappa shape index (κ2) is 10.5. The van der Waals surface area contributed by atoms with E-state index in [1.807, 2.05) is 42.5 Å². The molecule has 1 heterocycles. The van der Waals surface area contributed by atoms with E-state index in [4.69, 9.17) is 4.74 Å². The monoisotopic (exact) mass is 433 g/mol. The maximum atomic E-state index is 11.7. The molecular formula is C27H35N3O2. The Morgan fingerprint density at radius 2 is 1.75 bits per heavy atom. The van der Waals surface area contributed by atoms with Crippen molar-refractivity contribution in [1.82, 2.24) is 9.80 Å². The maximum absolute atomic E-state index is 11.7. The molecule has 5 heteroatoms. The van der Waals surface area contributed by atoms with Gasteiger partial charge in [0, 0.05) is 38.6 Å². The lowest BCUT2D eigenvalue weighted by atomic mass is 9.72. The van der Waals surface area contributed by atoms with Crippen LogP contribution < -0.4 is 4.74 Å². The van der Waals surface area contributed by atoms with E-state index in [1.54, 1.807) is 0 Å². The molecule has 0 spiro atoms. The minimum absolute atomic E-state index is 0.00137. The second-order valence-corrected chi connectivity index (χ2v) is 9.46. The molecule has 1 aliphatic heterocycles. The van der Waals surface area contributed by atoms with E-state index < -0.39 is 5.60 Å². The predicted molar refractivity (Wildman–Crippen MR) is 127 cm³/mol. The van der Waals surface area contributed by atoms with Gasteiger partial charge in [0.2, 0.25) is 0 Å². The van der Waals surface area contributed by atoms with E-state index in [-0.39, 0.29) is 5.92 Å². The third kappa shape index (κ3) is 5.50. The highest BCUT2D eigenvalue weighted by atomic mass is 16.5. The maximum Gasteiger partial charge on any atom is 0.137 e. The van der Waals surface area contributed by atoms with Crippen LogP contribution in [0.2, 0.25) is 0 Å². The number of ether oxygens (including phenoxy) is 1. The third-order valence-electron chi connectivity index (χ3n) is 7.17. The molecule has 0 radical (unpaired) electrons. The Labute approximate surface area is 192 Å². The first-order valence-electron chi connectivity index (χ1n) is 11.9. The highest BCUT2D eigenvalue weighted by Crippen LogP contribution is 2.41. The molecule has 2 aliphatic rings. The summed E-state index contributed by atoms with van der Waals surface area (Å²) in [6.45, 7) is 5.42.